The van der Waals surface area contributed by atoms with Crippen molar-refractivity contribution in [2.45, 2.75) is 25.9 Å². The van der Waals surface area contributed by atoms with Crippen LogP contribution in [-0.2, 0) is 6.54 Å². The van der Waals surface area contributed by atoms with E-state index in [4.69, 9.17) is 0 Å². The number of hydrogen-bond acceptors (Lipinski definition) is 3. The van der Waals surface area contributed by atoms with Crippen LogP contribution in [0.4, 0.5) is 8.78 Å². The Morgan fingerprint density at radius 1 is 1.32 bits per heavy atom. The molecule has 0 aliphatic carbocycles. The first-order valence-electron chi connectivity index (χ1n) is 6.18. The molecule has 1 aromatic heterocycles. The molecule has 102 valence electrons. The molecule has 0 radical (unpaired) electrons. The van der Waals surface area contributed by atoms with E-state index in [-0.39, 0.29) is 5.56 Å². The zero-order chi connectivity index (χ0) is 13.8. The number of nitrogens with zero attached hydrogens (tertiary/aromatic N) is 3. The van der Waals surface area contributed by atoms with Crippen LogP contribution in [0.5, 0.6) is 0 Å². The molecule has 0 fully saturated rings. The second-order valence-electron chi connectivity index (χ2n) is 4.24. The SMILES string of the molecule is CCCn1nncc1C(NC)c1c(F)cccc1F. The molecule has 0 bridgehead atoms. The van der Waals surface area contributed by atoms with E-state index in [1.54, 1.807) is 11.7 Å². The average Bonchev–Trinajstić information content (AvgIpc) is 2.83. The molecule has 0 spiro atoms. The van der Waals surface area contributed by atoms with E-state index in [2.05, 4.69) is 15.6 Å². The molecule has 1 unspecified atom stereocenters. The highest BCUT2D eigenvalue weighted by molar-refractivity contribution is 5.29. The van der Waals surface area contributed by atoms with Gasteiger partial charge in [0.2, 0.25) is 0 Å². The van der Waals surface area contributed by atoms with Gasteiger partial charge in [-0.3, -0.25) is 0 Å². The molecule has 1 aromatic carbocycles. The number of aromatic nitrogens is 3. The molecule has 0 aliphatic rings. The summed E-state index contributed by atoms with van der Waals surface area (Å²) in [4.78, 5) is 0. The van der Waals surface area contributed by atoms with Gasteiger partial charge in [-0.15, -0.1) is 5.10 Å². The molecule has 19 heavy (non-hydrogen) atoms. The third kappa shape index (κ3) is 2.63. The second kappa shape index (κ2) is 5.88. The highest BCUT2D eigenvalue weighted by Gasteiger charge is 2.23. The minimum atomic E-state index is -0.609. The Bertz CT molecular complexity index is 533. The monoisotopic (exact) mass is 266 g/mol. The number of hydrogen-bond donors (Lipinski definition) is 1. The van der Waals surface area contributed by atoms with Crippen molar-refractivity contribution in [3.8, 4) is 0 Å². The maximum Gasteiger partial charge on any atom is 0.131 e. The summed E-state index contributed by atoms with van der Waals surface area (Å²) in [7, 11) is 1.65. The fourth-order valence-electron chi connectivity index (χ4n) is 2.10. The molecule has 2 aromatic rings. The van der Waals surface area contributed by atoms with E-state index >= 15 is 0 Å². The van der Waals surface area contributed by atoms with Crippen LogP contribution < -0.4 is 5.32 Å². The Balaban J connectivity index is 2.47. The number of aryl methyl sites for hydroxylation is 1. The molecule has 6 heteroatoms. The molecular formula is C13H16F2N4. The third-order valence-corrected chi connectivity index (χ3v) is 2.96. The fraction of sp³-hybridized carbons (Fsp3) is 0.385. The largest absolute Gasteiger partial charge is 0.308 e. The van der Waals surface area contributed by atoms with E-state index in [1.165, 1.54) is 24.4 Å². The molecule has 1 N–H and O–H groups in total. The van der Waals surface area contributed by atoms with Crippen LogP contribution in [0.25, 0.3) is 0 Å². The van der Waals surface area contributed by atoms with Gasteiger partial charge in [0.25, 0.3) is 0 Å². The van der Waals surface area contributed by atoms with Crippen LogP contribution in [-0.4, -0.2) is 22.0 Å². The van der Waals surface area contributed by atoms with Gasteiger partial charge in [-0.2, -0.15) is 0 Å². The maximum absolute atomic E-state index is 13.9. The summed E-state index contributed by atoms with van der Waals surface area (Å²) in [6, 6.07) is 3.23. The summed E-state index contributed by atoms with van der Waals surface area (Å²) in [5.41, 5.74) is 0.637. The topological polar surface area (TPSA) is 42.7 Å². The average molecular weight is 266 g/mol. The quantitative estimate of drug-likeness (QED) is 0.902. The van der Waals surface area contributed by atoms with Crippen LogP contribution in [0, 0.1) is 11.6 Å². The lowest BCUT2D eigenvalue weighted by molar-refractivity contribution is 0.485. The minimum absolute atomic E-state index is 0.00958. The van der Waals surface area contributed by atoms with Gasteiger partial charge < -0.3 is 5.32 Å². The zero-order valence-corrected chi connectivity index (χ0v) is 10.9. The van der Waals surface area contributed by atoms with Crippen molar-refractivity contribution in [3.05, 3.63) is 47.3 Å². The van der Waals surface area contributed by atoms with Crippen molar-refractivity contribution in [2.24, 2.45) is 0 Å². The number of benzene rings is 1. The first-order chi connectivity index (χ1) is 9.19. The number of rotatable bonds is 5. The van der Waals surface area contributed by atoms with E-state index in [0.29, 0.717) is 12.2 Å². The Morgan fingerprint density at radius 2 is 2.00 bits per heavy atom. The number of halogens is 2. The summed E-state index contributed by atoms with van der Waals surface area (Å²) >= 11 is 0. The van der Waals surface area contributed by atoms with Gasteiger partial charge in [-0.1, -0.05) is 18.2 Å². The van der Waals surface area contributed by atoms with E-state index < -0.39 is 17.7 Å². The van der Waals surface area contributed by atoms with Crippen molar-refractivity contribution in [3.63, 3.8) is 0 Å². The summed E-state index contributed by atoms with van der Waals surface area (Å²) in [5.74, 6) is -1.16. The van der Waals surface area contributed by atoms with Gasteiger partial charge in [0.1, 0.15) is 11.6 Å². The summed E-state index contributed by atoms with van der Waals surface area (Å²) < 4.78 is 29.4. The van der Waals surface area contributed by atoms with Crippen molar-refractivity contribution >= 4 is 0 Å². The second-order valence-corrected chi connectivity index (χ2v) is 4.24. The first kappa shape index (κ1) is 13.6. The van der Waals surface area contributed by atoms with Gasteiger partial charge in [-0.25, -0.2) is 13.5 Å². The van der Waals surface area contributed by atoms with Crippen LogP contribution in [0.2, 0.25) is 0 Å². The molecule has 0 amide bonds. The maximum atomic E-state index is 13.9. The smallest absolute Gasteiger partial charge is 0.131 e. The minimum Gasteiger partial charge on any atom is -0.308 e. The van der Waals surface area contributed by atoms with Crippen LogP contribution in [0.1, 0.15) is 30.6 Å². The van der Waals surface area contributed by atoms with Crippen LogP contribution in [0.15, 0.2) is 24.4 Å². The predicted molar refractivity (Wildman–Crippen MR) is 67.6 cm³/mol. The lowest BCUT2D eigenvalue weighted by Crippen LogP contribution is -2.23. The molecule has 0 saturated heterocycles. The molecular weight excluding hydrogens is 250 g/mol. The van der Waals surface area contributed by atoms with Gasteiger partial charge in [0, 0.05) is 12.1 Å². The summed E-state index contributed by atoms with van der Waals surface area (Å²) in [6.07, 6.45) is 2.40. The van der Waals surface area contributed by atoms with Gasteiger partial charge in [-0.05, 0) is 25.6 Å². The zero-order valence-electron chi connectivity index (χ0n) is 10.9. The normalized spacial score (nSPS) is 12.6. The van der Waals surface area contributed by atoms with Crippen LogP contribution in [0.3, 0.4) is 0 Å². The van der Waals surface area contributed by atoms with Crippen molar-refractivity contribution in [1.29, 1.82) is 0 Å². The van der Waals surface area contributed by atoms with E-state index in [0.717, 1.165) is 6.42 Å². The molecule has 1 atom stereocenters. The van der Waals surface area contributed by atoms with Crippen molar-refractivity contribution in [2.75, 3.05) is 7.05 Å². The van der Waals surface area contributed by atoms with E-state index in [9.17, 15) is 8.78 Å². The molecule has 4 nitrogen and oxygen atoms in total. The summed E-state index contributed by atoms with van der Waals surface area (Å²) in [5, 5.41) is 10.7. The van der Waals surface area contributed by atoms with Gasteiger partial charge in [0.05, 0.1) is 17.9 Å². The van der Waals surface area contributed by atoms with Gasteiger partial charge >= 0.3 is 0 Å². The standard InChI is InChI=1S/C13H16F2N4/c1-3-7-19-11(8-17-18-19)13(16-2)12-9(14)5-4-6-10(12)15/h4-6,8,13,16H,3,7H2,1-2H3. The first-order valence-corrected chi connectivity index (χ1v) is 6.18. The van der Waals surface area contributed by atoms with E-state index in [1.807, 2.05) is 6.92 Å². The predicted octanol–water partition coefficient (Wildman–Crippen LogP) is 2.28. The van der Waals surface area contributed by atoms with Crippen LogP contribution >= 0.6 is 0 Å². The third-order valence-electron chi connectivity index (χ3n) is 2.96. The Hall–Kier alpha value is -1.82. The fourth-order valence-corrected chi connectivity index (χ4v) is 2.10. The highest BCUT2D eigenvalue weighted by atomic mass is 19.1. The molecule has 2 rings (SSSR count). The van der Waals surface area contributed by atoms with Crippen molar-refractivity contribution in [1.82, 2.24) is 20.3 Å². The lowest BCUT2D eigenvalue weighted by atomic mass is 10.0. The van der Waals surface area contributed by atoms with Gasteiger partial charge in [0.15, 0.2) is 0 Å². The highest BCUT2D eigenvalue weighted by Crippen LogP contribution is 2.26. The summed E-state index contributed by atoms with van der Waals surface area (Å²) in [6.45, 7) is 2.66. The Labute approximate surface area is 110 Å². The van der Waals surface area contributed by atoms with Crippen molar-refractivity contribution < 1.29 is 8.78 Å². The lowest BCUT2D eigenvalue weighted by Gasteiger charge is -2.18. The number of nitrogens with one attached hydrogen (secondary N) is 1. The Morgan fingerprint density at radius 3 is 2.58 bits per heavy atom. The molecule has 0 saturated carbocycles. The molecule has 1 heterocycles. The Kier molecular flexibility index (Phi) is 4.21. The molecule has 0 aliphatic heterocycles.